The van der Waals surface area contributed by atoms with Gasteiger partial charge in [-0.2, -0.15) is 0 Å². The molecule has 2 rings (SSSR count). The Kier molecular flexibility index (Phi) is 13.3. The van der Waals surface area contributed by atoms with E-state index in [1.54, 1.807) is 18.2 Å². The van der Waals surface area contributed by atoms with E-state index in [1.165, 1.54) is 6.07 Å². The zero-order chi connectivity index (χ0) is 10.9. The van der Waals surface area contributed by atoms with Gasteiger partial charge in [0.1, 0.15) is 13.6 Å². The van der Waals surface area contributed by atoms with Crippen LogP contribution < -0.4 is 73.4 Å². The minimum absolute atomic E-state index is 0. The molecule has 0 radical (unpaired) electrons. The van der Waals surface area contributed by atoms with Crippen molar-refractivity contribution in [1.29, 1.82) is 0 Å². The Labute approximate surface area is 154 Å². The van der Waals surface area contributed by atoms with Crippen molar-refractivity contribution in [2.75, 3.05) is 0 Å². The van der Waals surface area contributed by atoms with E-state index in [4.69, 9.17) is 0 Å². The number of phosphoric ester groups is 1. The maximum absolute atomic E-state index is 10.5. The summed E-state index contributed by atoms with van der Waals surface area (Å²) < 4.78 is 14.9. The topological polar surface area (TPSA) is 135 Å². The van der Waals surface area contributed by atoms with Gasteiger partial charge in [-0.05, 0) is 11.5 Å². The molecule has 9 heteroatoms. The Morgan fingerprint density at radius 3 is 2.00 bits per heavy atom. The van der Waals surface area contributed by atoms with Crippen LogP contribution in [0.1, 0.15) is 0 Å². The third kappa shape index (κ3) is 7.22. The van der Waals surface area contributed by atoms with Crippen LogP contribution in [0.15, 0.2) is 42.5 Å². The van der Waals surface area contributed by atoms with E-state index >= 15 is 0 Å². The van der Waals surface area contributed by atoms with Crippen molar-refractivity contribution >= 4 is 18.6 Å². The molecule has 0 bridgehead atoms. The van der Waals surface area contributed by atoms with Gasteiger partial charge in [-0.25, -0.2) is 0 Å². The van der Waals surface area contributed by atoms with Crippen LogP contribution in [0.5, 0.6) is 5.75 Å². The number of phosphoric acid groups is 1. The molecule has 0 spiro atoms. The van der Waals surface area contributed by atoms with Gasteiger partial charge >= 0.3 is 59.1 Å². The number of hydrogen-bond acceptors (Lipinski definition) is 4. The molecule has 6 nitrogen and oxygen atoms in total. The van der Waals surface area contributed by atoms with Gasteiger partial charge in [0.25, 0.3) is 0 Å². The summed E-state index contributed by atoms with van der Waals surface area (Å²) in [7, 11) is -4.99. The van der Waals surface area contributed by atoms with E-state index in [-0.39, 0.29) is 75.8 Å². The van der Waals surface area contributed by atoms with E-state index in [2.05, 4.69) is 4.52 Å². The molecule has 0 unspecified atom stereocenters. The second kappa shape index (κ2) is 10.3. The summed E-state index contributed by atoms with van der Waals surface area (Å²) in [6.45, 7) is 0. The van der Waals surface area contributed by atoms with E-state index in [0.29, 0.717) is 5.39 Å². The summed E-state index contributed by atoms with van der Waals surface area (Å²) in [5.41, 5.74) is 0. The molecule has 0 amide bonds. The van der Waals surface area contributed by atoms with Crippen LogP contribution in [-0.4, -0.2) is 11.0 Å². The van der Waals surface area contributed by atoms with Gasteiger partial charge in [0, 0.05) is 5.39 Å². The number of rotatable bonds is 2. The normalized spacial score (nSPS) is 9.16. The fourth-order valence-electron chi connectivity index (χ4n) is 1.40. The molecule has 19 heavy (non-hydrogen) atoms. The van der Waals surface area contributed by atoms with Crippen molar-refractivity contribution in [3.63, 3.8) is 0 Å². The van der Waals surface area contributed by atoms with Crippen LogP contribution in [-0.2, 0) is 4.57 Å². The van der Waals surface area contributed by atoms with Gasteiger partial charge < -0.3 is 29.8 Å². The van der Waals surface area contributed by atoms with Crippen LogP contribution in [0.25, 0.3) is 10.8 Å². The van der Waals surface area contributed by atoms with Gasteiger partial charge in [-0.15, -0.1) is 0 Å². The molecule has 0 saturated carbocycles. The van der Waals surface area contributed by atoms with Crippen molar-refractivity contribution in [1.82, 2.24) is 0 Å². The van der Waals surface area contributed by atoms with Crippen molar-refractivity contribution in [2.45, 2.75) is 0 Å². The van der Waals surface area contributed by atoms with Crippen LogP contribution in [0.4, 0.5) is 0 Å². The maximum atomic E-state index is 10.5. The third-order valence-electron chi connectivity index (χ3n) is 1.96. The summed E-state index contributed by atoms with van der Waals surface area (Å²) in [5.74, 6) is 0.0708. The van der Waals surface area contributed by atoms with Crippen molar-refractivity contribution in [3.8, 4) is 5.75 Å². The molecule has 0 aliphatic heterocycles. The molecule has 4 N–H and O–H groups in total. The van der Waals surface area contributed by atoms with E-state index in [0.717, 1.165) is 5.39 Å². The monoisotopic (exact) mass is 304 g/mol. The fraction of sp³-hybridized carbons (Fsp3) is 0. The second-order valence-corrected chi connectivity index (χ2v) is 4.09. The molecule has 0 fully saturated rings. The summed E-state index contributed by atoms with van der Waals surface area (Å²) in [5, 5.41) is 1.43. The molecular weight excluding hydrogens is 293 g/mol. The molecule has 0 aliphatic rings. The largest absolute Gasteiger partial charge is 1.00 e. The van der Waals surface area contributed by atoms with E-state index in [9.17, 15) is 14.4 Å². The minimum atomic E-state index is -4.99. The molecular formula is C10H11Na2O6P. The Morgan fingerprint density at radius 1 is 0.895 bits per heavy atom. The van der Waals surface area contributed by atoms with Gasteiger partial charge in [-0.1, -0.05) is 36.4 Å². The Hall–Kier alpha value is 0.570. The Balaban J connectivity index is -0.000000640. The van der Waals surface area contributed by atoms with Crippen molar-refractivity contribution in [3.05, 3.63) is 42.5 Å². The number of benzene rings is 2. The molecule has 0 aromatic heterocycles. The summed E-state index contributed by atoms with van der Waals surface area (Å²) in [6.07, 6.45) is 0. The summed E-state index contributed by atoms with van der Waals surface area (Å²) >= 11 is 0. The van der Waals surface area contributed by atoms with Gasteiger partial charge in [0.05, 0.1) is 0 Å². The smallest absolute Gasteiger partial charge is 0.780 e. The van der Waals surface area contributed by atoms with Crippen LogP contribution in [0.3, 0.4) is 0 Å². The van der Waals surface area contributed by atoms with Gasteiger partial charge in [0.2, 0.25) is 0 Å². The Morgan fingerprint density at radius 2 is 1.42 bits per heavy atom. The molecule has 0 aliphatic carbocycles. The van der Waals surface area contributed by atoms with Gasteiger partial charge in [-0.3, -0.25) is 0 Å². The zero-order valence-corrected chi connectivity index (χ0v) is 15.5. The fourth-order valence-corrected chi connectivity index (χ4v) is 1.80. The predicted octanol–water partition coefficient (Wildman–Crippen LogP) is -6.59. The standard InChI is InChI=1S/C10H9O4P.2Na.2H2O/c11-15(12,13)14-10-7-3-5-8-4-1-2-6-9(8)10;;;;/h1-7H,(H2,11,12,13);;;2*1H2/q;2*+1;;/p-2. The average molecular weight is 304 g/mol. The molecule has 0 saturated heterocycles. The van der Waals surface area contributed by atoms with Crippen molar-refractivity contribution in [2.24, 2.45) is 0 Å². The van der Waals surface area contributed by atoms with E-state index < -0.39 is 7.82 Å². The molecule has 2 aromatic rings. The second-order valence-electron chi connectivity index (χ2n) is 3.02. The summed E-state index contributed by atoms with van der Waals surface area (Å²) in [6, 6.07) is 12.0. The molecule has 94 valence electrons. The third-order valence-corrected chi connectivity index (χ3v) is 2.38. The van der Waals surface area contributed by atoms with Crippen LogP contribution in [0.2, 0.25) is 0 Å². The molecule has 0 heterocycles. The first kappa shape index (κ1) is 24.6. The number of fused-ring (bicyclic) bond motifs is 1. The maximum Gasteiger partial charge on any atom is 1.00 e. The first-order valence-electron chi connectivity index (χ1n) is 4.26. The van der Waals surface area contributed by atoms with Crippen LogP contribution in [0, 0.1) is 0 Å². The number of hydrogen-bond donors (Lipinski definition) is 0. The molecule has 2 aromatic carbocycles. The molecule has 0 atom stereocenters. The van der Waals surface area contributed by atoms with E-state index in [1.807, 2.05) is 18.2 Å². The van der Waals surface area contributed by atoms with Gasteiger partial charge in [0.15, 0.2) is 0 Å². The summed E-state index contributed by atoms with van der Waals surface area (Å²) in [4.78, 5) is 21.0. The first-order valence-corrected chi connectivity index (χ1v) is 5.72. The average Bonchev–Trinajstić information content (AvgIpc) is 2.16. The van der Waals surface area contributed by atoms with Crippen LogP contribution >= 0.6 is 7.82 Å². The zero-order valence-electron chi connectivity index (χ0n) is 10.6. The quantitative estimate of drug-likeness (QED) is 0.402. The van der Waals surface area contributed by atoms with Crippen molar-refractivity contribution < 1.29 is 88.9 Å². The SMILES string of the molecule is O.O.O=P([O-])([O-])Oc1cccc2ccccc12.[Na+].[Na+]. The predicted molar refractivity (Wildman–Crippen MR) is 59.4 cm³/mol. The Bertz CT molecular complexity index is 539. The first-order chi connectivity index (χ1) is 7.06. The minimum Gasteiger partial charge on any atom is -0.780 e.